The van der Waals surface area contributed by atoms with Crippen LogP contribution in [0.5, 0.6) is 17.2 Å². The third-order valence-electron chi connectivity index (χ3n) is 4.19. The van der Waals surface area contributed by atoms with Gasteiger partial charge >= 0.3 is 6.03 Å². The van der Waals surface area contributed by atoms with Gasteiger partial charge in [-0.2, -0.15) is 5.10 Å². The molecule has 4 rings (SSSR count). The second kappa shape index (κ2) is 8.03. The van der Waals surface area contributed by atoms with Crippen molar-refractivity contribution in [3.05, 3.63) is 36.4 Å². The number of nitrogens with one attached hydrogen (secondary N) is 3. The topological polar surface area (TPSA) is 97.5 Å². The molecular weight excluding hydrogens is 367 g/mol. The molecule has 0 spiro atoms. The smallest absolute Gasteiger partial charge is 0.324 e. The van der Waals surface area contributed by atoms with Crippen molar-refractivity contribution in [3.8, 4) is 17.2 Å². The van der Waals surface area contributed by atoms with Gasteiger partial charge in [-0.25, -0.2) is 4.79 Å². The van der Waals surface area contributed by atoms with Gasteiger partial charge in [-0.15, -0.1) is 0 Å². The summed E-state index contributed by atoms with van der Waals surface area (Å²) < 4.78 is 28.3. The Morgan fingerprint density at radius 2 is 2.04 bits per heavy atom. The molecule has 28 heavy (non-hydrogen) atoms. The fraction of sp³-hybridized carbons (Fsp3) is 0.263. The second-order valence-electron chi connectivity index (χ2n) is 6.17. The lowest BCUT2D eigenvalue weighted by atomic mass is 10.2. The SMILES string of the molecule is O=C(Nc1ccc2c(c1)OCO2)Nc1n[nH]c2ccc(OCCCCF)cc12. The van der Waals surface area contributed by atoms with E-state index < -0.39 is 6.03 Å². The summed E-state index contributed by atoms with van der Waals surface area (Å²) in [5, 5.41) is 13.2. The summed E-state index contributed by atoms with van der Waals surface area (Å²) in [7, 11) is 0. The number of urea groups is 1. The molecule has 9 heteroatoms. The van der Waals surface area contributed by atoms with Gasteiger partial charge in [0.15, 0.2) is 17.3 Å². The molecule has 3 aromatic rings. The zero-order chi connectivity index (χ0) is 19.3. The minimum Gasteiger partial charge on any atom is -0.494 e. The molecule has 0 atom stereocenters. The normalized spacial score (nSPS) is 12.2. The Bertz CT molecular complexity index is 991. The van der Waals surface area contributed by atoms with Crippen LogP contribution in [0.2, 0.25) is 0 Å². The Hall–Kier alpha value is -3.49. The van der Waals surface area contributed by atoms with Crippen molar-refractivity contribution in [2.24, 2.45) is 0 Å². The number of aromatic nitrogens is 2. The van der Waals surface area contributed by atoms with Gasteiger partial charge in [-0.05, 0) is 43.2 Å². The van der Waals surface area contributed by atoms with Crippen LogP contribution in [-0.2, 0) is 0 Å². The van der Waals surface area contributed by atoms with E-state index in [1.807, 2.05) is 6.07 Å². The van der Waals surface area contributed by atoms with Crippen LogP contribution in [-0.4, -0.2) is 36.3 Å². The average Bonchev–Trinajstić information content (AvgIpc) is 3.32. The first-order valence-corrected chi connectivity index (χ1v) is 8.87. The monoisotopic (exact) mass is 386 g/mol. The number of carbonyl (C=O) groups excluding carboxylic acids is 1. The van der Waals surface area contributed by atoms with Crippen molar-refractivity contribution < 1.29 is 23.4 Å². The summed E-state index contributed by atoms with van der Waals surface area (Å²) >= 11 is 0. The molecule has 2 aromatic carbocycles. The molecule has 8 nitrogen and oxygen atoms in total. The van der Waals surface area contributed by atoms with E-state index in [1.165, 1.54) is 0 Å². The summed E-state index contributed by atoms with van der Waals surface area (Å²) in [5.41, 5.74) is 1.33. The zero-order valence-corrected chi connectivity index (χ0v) is 15.0. The fourth-order valence-electron chi connectivity index (χ4n) is 2.81. The number of amides is 2. The Balaban J connectivity index is 1.42. The first kappa shape index (κ1) is 17.9. The van der Waals surface area contributed by atoms with Crippen molar-refractivity contribution in [1.82, 2.24) is 10.2 Å². The number of unbranched alkanes of at least 4 members (excludes halogenated alkanes) is 1. The van der Waals surface area contributed by atoms with E-state index in [1.54, 1.807) is 30.3 Å². The molecule has 1 aliphatic rings. The van der Waals surface area contributed by atoms with Crippen LogP contribution in [0.3, 0.4) is 0 Å². The van der Waals surface area contributed by atoms with Crippen molar-refractivity contribution in [3.63, 3.8) is 0 Å². The predicted octanol–water partition coefficient (Wildman–Crippen LogP) is 4.06. The number of alkyl halides is 1. The van der Waals surface area contributed by atoms with Crippen LogP contribution in [0.25, 0.3) is 10.9 Å². The van der Waals surface area contributed by atoms with Gasteiger partial charge in [-0.1, -0.05) is 0 Å². The highest BCUT2D eigenvalue weighted by Crippen LogP contribution is 2.34. The molecular formula is C19H19FN4O4. The van der Waals surface area contributed by atoms with Crippen LogP contribution in [0, 0.1) is 0 Å². The maximum Gasteiger partial charge on any atom is 0.324 e. The third kappa shape index (κ3) is 3.93. The highest BCUT2D eigenvalue weighted by molar-refractivity contribution is 6.04. The summed E-state index contributed by atoms with van der Waals surface area (Å²) in [4.78, 5) is 12.3. The molecule has 1 aromatic heterocycles. The molecule has 0 saturated carbocycles. The van der Waals surface area contributed by atoms with Crippen molar-refractivity contribution in [2.45, 2.75) is 12.8 Å². The Kier molecular flexibility index (Phi) is 5.14. The van der Waals surface area contributed by atoms with Crippen LogP contribution >= 0.6 is 0 Å². The molecule has 0 radical (unpaired) electrons. The highest BCUT2D eigenvalue weighted by Gasteiger charge is 2.15. The van der Waals surface area contributed by atoms with Gasteiger partial charge in [-0.3, -0.25) is 14.8 Å². The molecule has 0 unspecified atom stereocenters. The quantitative estimate of drug-likeness (QED) is 0.532. The lowest BCUT2D eigenvalue weighted by Gasteiger charge is -2.08. The lowest BCUT2D eigenvalue weighted by molar-refractivity contribution is 0.174. The molecule has 2 heterocycles. The summed E-state index contributed by atoms with van der Waals surface area (Å²) in [6.07, 6.45) is 1.11. The van der Waals surface area contributed by atoms with E-state index in [4.69, 9.17) is 14.2 Å². The van der Waals surface area contributed by atoms with Crippen LogP contribution in [0.15, 0.2) is 36.4 Å². The number of ether oxygens (including phenoxy) is 3. The number of halogens is 1. The Morgan fingerprint density at radius 1 is 1.14 bits per heavy atom. The molecule has 146 valence electrons. The highest BCUT2D eigenvalue weighted by atomic mass is 19.1. The van der Waals surface area contributed by atoms with Gasteiger partial charge in [0, 0.05) is 17.1 Å². The number of nitrogens with zero attached hydrogens (tertiary/aromatic N) is 1. The van der Waals surface area contributed by atoms with Crippen molar-refractivity contribution in [2.75, 3.05) is 30.7 Å². The van der Waals surface area contributed by atoms with E-state index in [0.717, 1.165) is 5.52 Å². The van der Waals surface area contributed by atoms with Gasteiger partial charge in [0.25, 0.3) is 0 Å². The van der Waals surface area contributed by atoms with E-state index >= 15 is 0 Å². The zero-order valence-electron chi connectivity index (χ0n) is 15.0. The van der Waals surface area contributed by atoms with Gasteiger partial charge in [0.05, 0.1) is 18.8 Å². The molecule has 0 saturated heterocycles. The summed E-state index contributed by atoms with van der Waals surface area (Å²) in [5.74, 6) is 2.23. The van der Waals surface area contributed by atoms with E-state index in [-0.39, 0.29) is 13.5 Å². The predicted molar refractivity (Wildman–Crippen MR) is 102 cm³/mol. The molecule has 0 bridgehead atoms. The Morgan fingerprint density at radius 3 is 2.93 bits per heavy atom. The van der Waals surface area contributed by atoms with Crippen LogP contribution in [0.1, 0.15) is 12.8 Å². The lowest BCUT2D eigenvalue weighted by Crippen LogP contribution is -2.19. The van der Waals surface area contributed by atoms with Gasteiger partial charge in [0.1, 0.15) is 5.75 Å². The number of aromatic amines is 1. The number of rotatable bonds is 7. The number of carbonyl (C=O) groups is 1. The van der Waals surface area contributed by atoms with Crippen molar-refractivity contribution >= 4 is 28.4 Å². The second-order valence-corrected chi connectivity index (χ2v) is 6.17. The first-order valence-electron chi connectivity index (χ1n) is 8.87. The van der Waals surface area contributed by atoms with E-state index in [9.17, 15) is 9.18 Å². The average molecular weight is 386 g/mol. The molecule has 1 aliphatic heterocycles. The number of anilines is 2. The maximum absolute atomic E-state index is 12.3. The largest absolute Gasteiger partial charge is 0.494 e. The van der Waals surface area contributed by atoms with E-state index in [0.29, 0.717) is 53.6 Å². The van der Waals surface area contributed by atoms with Crippen LogP contribution in [0.4, 0.5) is 20.7 Å². The number of fused-ring (bicyclic) bond motifs is 2. The standard InChI is InChI=1S/C19H19FN4O4/c20-7-1-2-8-26-13-4-5-15-14(10-13)18(24-23-15)22-19(25)21-12-3-6-16-17(9-12)28-11-27-16/h3-6,9-10H,1-2,7-8,11H2,(H3,21,22,23,24,25). The number of hydrogen-bond acceptors (Lipinski definition) is 5. The Labute approximate surface area is 160 Å². The summed E-state index contributed by atoms with van der Waals surface area (Å²) in [6.45, 7) is 0.250. The first-order chi connectivity index (χ1) is 13.7. The van der Waals surface area contributed by atoms with Gasteiger partial charge in [0.2, 0.25) is 6.79 Å². The van der Waals surface area contributed by atoms with E-state index in [2.05, 4.69) is 20.8 Å². The van der Waals surface area contributed by atoms with Crippen molar-refractivity contribution in [1.29, 1.82) is 0 Å². The molecule has 0 aliphatic carbocycles. The number of hydrogen-bond donors (Lipinski definition) is 3. The number of benzene rings is 2. The molecule has 3 N–H and O–H groups in total. The minimum absolute atomic E-state index is 0.169. The maximum atomic E-state index is 12.3. The molecule has 0 fully saturated rings. The fourth-order valence-corrected chi connectivity index (χ4v) is 2.81. The molecule has 2 amide bonds. The third-order valence-corrected chi connectivity index (χ3v) is 4.19. The van der Waals surface area contributed by atoms with Crippen LogP contribution < -0.4 is 24.8 Å². The summed E-state index contributed by atoms with van der Waals surface area (Å²) in [6, 6.07) is 10.1. The number of H-pyrrole nitrogens is 1. The minimum atomic E-state index is -0.443. The van der Waals surface area contributed by atoms with Gasteiger partial charge < -0.3 is 19.5 Å².